The molecule has 2 aromatic rings. The Morgan fingerprint density at radius 2 is 2.07 bits per heavy atom. The van der Waals surface area contributed by atoms with Crippen molar-refractivity contribution in [2.45, 2.75) is 13.3 Å². The first-order valence-corrected chi connectivity index (χ1v) is 4.30. The summed E-state index contributed by atoms with van der Waals surface area (Å²) in [6.45, 7) is 1.96. The average Bonchev–Trinajstić information content (AvgIpc) is 2.61. The monoisotopic (exact) mass is 190 g/mol. The van der Waals surface area contributed by atoms with E-state index in [0.29, 0.717) is 17.7 Å². The van der Waals surface area contributed by atoms with E-state index in [1.807, 2.05) is 6.92 Å². The molecule has 0 spiro atoms. The van der Waals surface area contributed by atoms with Crippen LogP contribution in [0.3, 0.4) is 0 Å². The number of anilines is 1. The van der Waals surface area contributed by atoms with Crippen LogP contribution in [0.1, 0.15) is 12.7 Å². The maximum absolute atomic E-state index is 5.66. The van der Waals surface area contributed by atoms with Gasteiger partial charge in [-0.25, -0.2) is 9.97 Å². The van der Waals surface area contributed by atoms with Crippen molar-refractivity contribution in [1.29, 1.82) is 0 Å². The van der Waals surface area contributed by atoms with Crippen molar-refractivity contribution in [3.63, 3.8) is 0 Å². The molecule has 72 valence electrons. The maximum atomic E-state index is 5.66. The summed E-state index contributed by atoms with van der Waals surface area (Å²) in [7, 11) is 0. The van der Waals surface area contributed by atoms with E-state index in [2.05, 4.69) is 20.1 Å². The van der Waals surface area contributed by atoms with Crippen LogP contribution in [-0.4, -0.2) is 24.7 Å². The lowest BCUT2D eigenvalue weighted by atomic mass is 10.5. The highest BCUT2D eigenvalue weighted by Gasteiger charge is 2.08. The number of hydrogen-bond acceptors (Lipinski definition) is 5. The number of nitrogens with zero attached hydrogens (tertiary/aromatic N) is 5. The van der Waals surface area contributed by atoms with Crippen LogP contribution in [-0.2, 0) is 6.42 Å². The van der Waals surface area contributed by atoms with Crippen molar-refractivity contribution >= 4 is 5.95 Å². The quantitative estimate of drug-likeness (QED) is 0.731. The normalized spacial score (nSPS) is 10.4. The summed E-state index contributed by atoms with van der Waals surface area (Å²) >= 11 is 0. The fourth-order valence-corrected chi connectivity index (χ4v) is 1.07. The Bertz CT molecular complexity index is 421. The Labute approximate surface area is 80.8 Å². The fraction of sp³-hybridized carbons (Fsp3) is 0.250. The predicted molar refractivity (Wildman–Crippen MR) is 50.7 cm³/mol. The summed E-state index contributed by atoms with van der Waals surface area (Å²) in [5.41, 5.74) is 5.66. The van der Waals surface area contributed by atoms with Crippen LogP contribution >= 0.6 is 0 Å². The molecule has 0 aliphatic carbocycles. The smallest absolute Gasteiger partial charge is 0.253 e. The van der Waals surface area contributed by atoms with E-state index in [9.17, 15) is 0 Å². The molecule has 0 aliphatic heterocycles. The lowest BCUT2D eigenvalue weighted by Crippen LogP contribution is -2.06. The van der Waals surface area contributed by atoms with Gasteiger partial charge in [-0.2, -0.15) is 9.67 Å². The van der Waals surface area contributed by atoms with Gasteiger partial charge < -0.3 is 5.73 Å². The van der Waals surface area contributed by atoms with E-state index in [1.165, 1.54) is 4.68 Å². The number of hydrogen-bond donors (Lipinski definition) is 1. The highest BCUT2D eigenvalue weighted by atomic mass is 15.4. The Balaban J connectivity index is 2.46. The molecule has 2 heterocycles. The molecule has 0 radical (unpaired) electrons. The van der Waals surface area contributed by atoms with Gasteiger partial charge in [-0.1, -0.05) is 6.92 Å². The third-order valence-electron chi connectivity index (χ3n) is 1.73. The van der Waals surface area contributed by atoms with Crippen LogP contribution < -0.4 is 5.73 Å². The predicted octanol–water partition coefficient (Wildman–Crippen LogP) is 0.202. The zero-order chi connectivity index (χ0) is 9.97. The topological polar surface area (TPSA) is 82.5 Å². The second-order valence-corrected chi connectivity index (χ2v) is 2.70. The molecule has 0 fully saturated rings. The van der Waals surface area contributed by atoms with Crippen molar-refractivity contribution in [2.75, 3.05) is 5.73 Å². The summed E-state index contributed by atoms with van der Waals surface area (Å²) in [5, 5.41) is 4.15. The van der Waals surface area contributed by atoms with Gasteiger partial charge in [-0.3, -0.25) is 0 Å². The van der Waals surface area contributed by atoms with Gasteiger partial charge in [0.1, 0.15) is 0 Å². The third kappa shape index (κ3) is 1.41. The second-order valence-electron chi connectivity index (χ2n) is 2.70. The lowest BCUT2D eigenvalue weighted by molar-refractivity contribution is 0.792. The van der Waals surface area contributed by atoms with Gasteiger partial charge in [-0.15, -0.1) is 5.10 Å². The van der Waals surface area contributed by atoms with E-state index in [0.717, 1.165) is 6.42 Å². The minimum absolute atomic E-state index is 0.313. The molecule has 0 bridgehead atoms. The molecule has 6 heteroatoms. The van der Waals surface area contributed by atoms with Gasteiger partial charge in [0.25, 0.3) is 5.95 Å². The Kier molecular flexibility index (Phi) is 2.10. The first-order valence-electron chi connectivity index (χ1n) is 4.30. The van der Waals surface area contributed by atoms with E-state index in [1.54, 1.807) is 18.5 Å². The SMILES string of the molecule is CCc1nc(N)n(-c2ncccn2)n1. The standard InChI is InChI=1S/C8H10N6/c1-2-6-12-7(9)14(13-6)8-10-4-3-5-11-8/h3-5H,2H2,1H3,(H2,9,12,13). The van der Waals surface area contributed by atoms with Gasteiger partial charge in [-0.05, 0) is 6.07 Å². The third-order valence-corrected chi connectivity index (χ3v) is 1.73. The highest BCUT2D eigenvalue weighted by Crippen LogP contribution is 2.05. The number of nitrogens with two attached hydrogens (primary N) is 1. The first-order chi connectivity index (χ1) is 6.81. The molecule has 14 heavy (non-hydrogen) atoms. The molecule has 0 amide bonds. The fourth-order valence-electron chi connectivity index (χ4n) is 1.07. The van der Waals surface area contributed by atoms with E-state index >= 15 is 0 Å². The van der Waals surface area contributed by atoms with Crippen LogP contribution in [0.25, 0.3) is 5.95 Å². The molecular formula is C8H10N6. The van der Waals surface area contributed by atoms with Gasteiger partial charge >= 0.3 is 0 Å². The molecule has 0 atom stereocenters. The summed E-state index contributed by atoms with van der Waals surface area (Å²) in [5.74, 6) is 1.44. The summed E-state index contributed by atoms with van der Waals surface area (Å²) < 4.78 is 1.43. The second kappa shape index (κ2) is 3.41. The minimum Gasteiger partial charge on any atom is -0.368 e. The summed E-state index contributed by atoms with van der Waals surface area (Å²) in [4.78, 5) is 12.1. The maximum Gasteiger partial charge on any atom is 0.253 e. The molecule has 0 aromatic carbocycles. The van der Waals surface area contributed by atoms with Crippen LogP contribution in [0, 0.1) is 0 Å². The zero-order valence-electron chi connectivity index (χ0n) is 7.75. The molecule has 2 aromatic heterocycles. The molecule has 2 N–H and O–H groups in total. The van der Waals surface area contributed by atoms with Gasteiger partial charge in [0.15, 0.2) is 5.82 Å². The number of aryl methyl sites for hydroxylation is 1. The van der Waals surface area contributed by atoms with Crippen molar-refractivity contribution in [3.8, 4) is 5.95 Å². The number of aromatic nitrogens is 5. The lowest BCUT2D eigenvalue weighted by Gasteiger charge is -1.97. The van der Waals surface area contributed by atoms with Crippen LogP contribution in [0.4, 0.5) is 5.95 Å². The van der Waals surface area contributed by atoms with Crippen molar-refractivity contribution in [1.82, 2.24) is 24.7 Å². The molecule has 6 nitrogen and oxygen atoms in total. The van der Waals surface area contributed by atoms with Crippen LogP contribution in [0.15, 0.2) is 18.5 Å². The number of nitrogen functional groups attached to an aromatic ring is 1. The van der Waals surface area contributed by atoms with Crippen molar-refractivity contribution < 1.29 is 0 Å². The van der Waals surface area contributed by atoms with E-state index < -0.39 is 0 Å². The molecule has 0 saturated carbocycles. The highest BCUT2D eigenvalue weighted by molar-refractivity contribution is 5.25. The van der Waals surface area contributed by atoms with Gasteiger partial charge in [0, 0.05) is 18.8 Å². The van der Waals surface area contributed by atoms with E-state index in [-0.39, 0.29) is 0 Å². The molecular weight excluding hydrogens is 180 g/mol. The summed E-state index contributed by atoms with van der Waals surface area (Å²) in [6, 6.07) is 1.73. The van der Waals surface area contributed by atoms with Crippen LogP contribution in [0.5, 0.6) is 0 Å². The Morgan fingerprint density at radius 1 is 1.36 bits per heavy atom. The molecule has 0 saturated heterocycles. The van der Waals surface area contributed by atoms with Crippen molar-refractivity contribution in [3.05, 3.63) is 24.3 Å². The first kappa shape index (κ1) is 8.61. The average molecular weight is 190 g/mol. The Hall–Kier alpha value is -1.98. The van der Waals surface area contributed by atoms with Gasteiger partial charge in [0.2, 0.25) is 5.95 Å². The van der Waals surface area contributed by atoms with E-state index in [4.69, 9.17) is 5.73 Å². The minimum atomic E-state index is 0.313. The van der Waals surface area contributed by atoms with Gasteiger partial charge in [0.05, 0.1) is 0 Å². The zero-order valence-corrected chi connectivity index (χ0v) is 7.75. The van der Waals surface area contributed by atoms with Crippen molar-refractivity contribution in [2.24, 2.45) is 0 Å². The Morgan fingerprint density at radius 3 is 2.64 bits per heavy atom. The molecule has 0 unspecified atom stereocenters. The largest absolute Gasteiger partial charge is 0.368 e. The number of rotatable bonds is 2. The van der Waals surface area contributed by atoms with Crippen LogP contribution in [0.2, 0.25) is 0 Å². The molecule has 2 rings (SSSR count). The summed E-state index contributed by atoms with van der Waals surface area (Å²) in [6.07, 6.45) is 4.01. The molecule has 0 aliphatic rings.